The Hall–Kier alpha value is -0.250. The lowest BCUT2D eigenvalue weighted by Gasteiger charge is -2.23. The van der Waals surface area contributed by atoms with Crippen LogP contribution in [0.2, 0.25) is 5.02 Å². The van der Waals surface area contributed by atoms with Gasteiger partial charge in [0.05, 0.1) is 10.6 Å². The molecule has 0 aromatic heterocycles. The maximum Gasteiger partial charge on any atom is 0.0819 e. The highest BCUT2D eigenvalue weighted by atomic mass is 79.9. The summed E-state index contributed by atoms with van der Waals surface area (Å²) < 4.78 is 0.888. The molecule has 2 N–H and O–H groups in total. The molecule has 0 atom stereocenters. The van der Waals surface area contributed by atoms with Gasteiger partial charge >= 0.3 is 0 Å². The molecule has 0 amide bonds. The van der Waals surface area contributed by atoms with E-state index >= 15 is 0 Å². The molecular weight excluding hydrogens is 289 g/mol. The molecule has 1 aliphatic carbocycles. The SMILES string of the molecule is OC1(CNc2ccc(Br)c(Cl)c2)CCCC1. The second-order valence-corrected chi connectivity index (χ2v) is 5.68. The standard InChI is InChI=1S/C12H15BrClNO/c13-10-4-3-9(7-11(10)14)15-8-12(16)5-1-2-6-12/h3-4,7,15-16H,1-2,5-6,8H2. The van der Waals surface area contributed by atoms with Crippen LogP contribution in [0.15, 0.2) is 22.7 Å². The number of hydrogen-bond donors (Lipinski definition) is 2. The maximum atomic E-state index is 10.2. The average molecular weight is 305 g/mol. The van der Waals surface area contributed by atoms with E-state index in [9.17, 15) is 5.11 Å². The second-order valence-electron chi connectivity index (χ2n) is 4.41. The van der Waals surface area contributed by atoms with E-state index in [0.717, 1.165) is 35.8 Å². The van der Waals surface area contributed by atoms with Crippen LogP contribution in [0.1, 0.15) is 25.7 Å². The topological polar surface area (TPSA) is 32.3 Å². The van der Waals surface area contributed by atoms with Crippen molar-refractivity contribution in [3.8, 4) is 0 Å². The van der Waals surface area contributed by atoms with Crippen molar-refractivity contribution in [3.05, 3.63) is 27.7 Å². The maximum absolute atomic E-state index is 10.2. The van der Waals surface area contributed by atoms with Gasteiger partial charge in [-0.25, -0.2) is 0 Å². The predicted octanol–water partition coefficient (Wildman–Crippen LogP) is 3.82. The highest BCUT2D eigenvalue weighted by Crippen LogP contribution is 2.30. The lowest BCUT2D eigenvalue weighted by molar-refractivity contribution is 0.0615. The summed E-state index contributed by atoms with van der Waals surface area (Å²) in [4.78, 5) is 0. The van der Waals surface area contributed by atoms with Crippen molar-refractivity contribution in [3.63, 3.8) is 0 Å². The third-order valence-corrected chi connectivity index (χ3v) is 4.31. The number of anilines is 1. The molecule has 0 spiro atoms. The Morgan fingerprint density at radius 3 is 2.69 bits per heavy atom. The van der Waals surface area contributed by atoms with E-state index in [4.69, 9.17) is 11.6 Å². The highest BCUT2D eigenvalue weighted by Gasteiger charge is 2.30. The van der Waals surface area contributed by atoms with Crippen LogP contribution in [0.5, 0.6) is 0 Å². The third kappa shape index (κ3) is 2.90. The van der Waals surface area contributed by atoms with E-state index in [1.54, 1.807) is 0 Å². The Kier molecular flexibility index (Phi) is 3.77. The quantitative estimate of drug-likeness (QED) is 0.890. The van der Waals surface area contributed by atoms with Crippen molar-refractivity contribution in [1.82, 2.24) is 0 Å². The summed E-state index contributed by atoms with van der Waals surface area (Å²) in [6, 6.07) is 5.72. The first-order valence-electron chi connectivity index (χ1n) is 5.50. The Bertz CT molecular complexity index is 377. The number of halogens is 2. The highest BCUT2D eigenvalue weighted by molar-refractivity contribution is 9.10. The van der Waals surface area contributed by atoms with Gasteiger partial charge in [-0.3, -0.25) is 0 Å². The fourth-order valence-electron chi connectivity index (χ4n) is 2.08. The van der Waals surface area contributed by atoms with Gasteiger partial charge in [0.25, 0.3) is 0 Å². The summed E-state index contributed by atoms with van der Waals surface area (Å²) in [5.74, 6) is 0. The molecule has 1 aromatic carbocycles. The molecular formula is C12H15BrClNO. The van der Waals surface area contributed by atoms with E-state index < -0.39 is 5.60 Å². The summed E-state index contributed by atoms with van der Waals surface area (Å²) in [7, 11) is 0. The van der Waals surface area contributed by atoms with Gasteiger partial charge in [-0.15, -0.1) is 0 Å². The van der Waals surface area contributed by atoms with Crippen molar-refractivity contribution >= 4 is 33.2 Å². The Morgan fingerprint density at radius 2 is 2.06 bits per heavy atom. The van der Waals surface area contributed by atoms with E-state index in [-0.39, 0.29) is 0 Å². The number of benzene rings is 1. The van der Waals surface area contributed by atoms with E-state index in [2.05, 4.69) is 21.2 Å². The van der Waals surface area contributed by atoms with E-state index in [0.29, 0.717) is 11.6 Å². The lowest BCUT2D eigenvalue weighted by Crippen LogP contribution is -2.33. The summed E-state index contributed by atoms with van der Waals surface area (Å²) in [6.45, 7) is 0.602. The van der Waals surface area contributed by atoms with Crippen LogP contribution in [-0.4, -0.2) is 17.3 Å². The molecule has 0 aliphatic heterocycles. The Balaban J connectivity index is 1.96. The lowest BCUT2D eigenvalue weighted by atomic mass is 10.0. The zero-order chi connectivity index (χ0) is 11.6. The smallest absolute Gasteiger partial charge is 0.0819 e. The van der Waals surface area contributed by atoms with Crippen LogP contribution in [-0.2, 0) is 0 Å². The summed E-state index contributed by atoms with van der Waals surface area (Å²) >= 11 is 9.34. The zero-order valence-electron chi connectivity index (χ0n) is 8.97. The molecule has 1 fully saturated rings. The van der Waals surface area contributed by atoms with Gasteiger partial charge < -0.3 is 10.4 Å². The van der Waals surface area contributed by atoms with Gasteiger partial charge in [-0.1, -0.05) is 24.4 Å². The normalized spacial score (nSPS) is 18.7. The Morgan fingerprint density at radius 1 is 1.38 bits per heavy atom. The molecule has 0 saturated heterocycles. The van der Waals surface area contributed by atoms with Gasteiger partial charge in [0.1, 0.15) is 0 Å². The minimum absolute atomic E-state index is 0.528. The van der Waals surface area contributed by atoms with Gasteiger partial charge in [-0.2, -0.15) is 0 Å². The van der Waals surface area contributed by atoms with Crippen LogP contribution < -0.4 is 5.32 Å². The van der Waals surface area contributed by atoms with Crippen LogP contribution in [0.3, 0.4) is 0 Å². The molecule has 0 unspecified atom stereocenters. The van der Waals surface area contributed by atoms with Gasteiger partial charge in [0.15, 0.2) is 0 Å². The molecule has 2 nitrogen and oxygen atoms in total. The first kappa shape index (κ1) is 12.2. The molecule has 1 aromatic rings. The summed E-state index contributed by atoms with van der Waals surface area (Å²) in [5, 5.41) is 14.1. The van der Waals surface area contributed by atoms with Crippen molar-refractivity contribution in [1.29, 1.82) is 0 Å². The summed E-state index contributed by atoms with van der Waals surface area (Å²) in [5.41, 5.74) is 0.424. The van der Waals surface area contributed by atoms with E-state index in [1.165, 1.54) is 0 Å². The van der Waals surface area contributed by atoms with Gasteiger partial charge in [-0.05, 0) is 47.0 Å². The third-order valence-electron chi connectivity index (χ3n) is 3.08. The van der Waals surface area contributed by atoms with Crippen molar-refractivity contribution < 1.29 is 5.11 Å². The molecule has 0 bridgehead atoms. The molecule has 1 aliphatic rings. The first-order valence-corrected chi connectivity index (χ1v) is 6.67. The van der Waals surface area contributed by atoms with Gasteiger partial charge in [0.2, 0.25) is 0 Å². The van der Waals surface area contributed by atoms with Crippen molar-refractivity contribution in [2.45, 2.75) is 31.3 Å². The molecule has 0 radical (unpaired) electrons. The average Bonchev–Trinajstić information content (AvgIpc) is 2.68. The number of nitrogens with one attached hydrogen (secondary N) is 1. The Labute approximate surface area is 109 Å². The molecule has 88 valence electrons. The van der Waals surface area contributed by atoms with Gasteiger partial charge in [0, 0.05) is 16.7 Å². The van der Waals surface area contributed by atoms with Crippen LogP contribution in [0.4, 0.5) is 5.69 Å². The van der Waals surface area contributed by atoms with Crippen LogP contribution in [0.25, 0.3) is 0 Å². The predicted molar refractivity (Wildman–Crippen MR) is 71.1 cm³/mol. The van der Waals surface area contributed by atoms with E-state index in [1.807, 2.05) is 18.2 Å². The number of hydrogen-bond acceptors (Lipinski definition) is 2. The number of aliphatic hydroxyl groups is 1. The zero-order valence-corrected chi connectivity index (χ0v) is 11.3. The van der Waals surface area contributed by atoms with Crippen LogP contribution in [0, 0.1) is 0 Å². The second kappa shape index (κ2) is 4.94. The monoisotopic (exact) mass is 303 g/mol. The van der Waals surface area contributed by atoms with Crippen molar-refractivity contribution in [2.75, 3.05) is 11.9 Å². The molecule has 0 heterocycles. The van der Waals surface area contributed by atoms with Crippen molar-refractivity contribution in [2.24, 2.45) is 0 Å². The summed E-state index contributed by atoms with van der Waals surface area (Å²) in [6.07, 6.45) is 4.03. The minimum Gasteiger partial charge on any atom is -0.388 e. The molecule has 16 heavy (non-hydrogen) atoms. The minimum atomic E-state index is -0.528. The van der Waals surface area contributed by atoms with Crippen LogP contribution >= 0.6 is 27.5 Å². The molecule has 2 rings (SSSR count). The molecule has 1 saturated carbocycles. The molecule has 4 heteroatoms. The first-order chi connectivity index (χ1) is 7.59. The fourth-order valence-corrected chi connectivity index (χ4v) is 2.51. The fraction of sp³-hybridized carbons (Fsp3) is 0.500. The number of rotatable bonds is 3. The largest absolute Gasteiger partial charge is 0.388 e.